The highest BCUT2D eigenvalue weighted by Gasteiger charge is 2.42. The number of rotatable bonds is 21. The molecule has 0 aromatic rings. The Bertz CT molecular complexity index is 744. The number of hydrogen-bond donors (Lipinski definition) is 5. The molecular weight excluding hydrogens is 543 g/mol. The lowest BCUT2D eigenvalue weighted by Gasteiger charge is -2.25. The van der Waals surface area contributed by atoms with Gasteiger partial charge in [-0.2, -0.15) is 11.8 Å². The van der Waals surface area contributed by atoms with Crippen molar-refractivity contribution in [1.82, 2.24) is 21.3 Å². The zero-order valence-corrected chi connectivity index (χ0v) is 26.0. The van der Waals surface area contributed by atoms with E-state index in [2.05, 4.69) is 55.5 Å². The lowest BCUT2D eigenvalue weighted by Crippen LogP contribution is -2.38. The van der Waals surface area contributed by atoms with Crippen LogP contribution in [0.15, 0.2) is 12.3 Å². The fraction of sp³-hybridized carbons (Fsp3) is 0.846. The van der Waals surface area contributed by atoms with Crippen molar-refractivity contribution in [2.24, 2.45) is 11.7 Å². The maximum Gasteiger partial charge on any atom is 0.315 e. The van der Waals surface area contributed by atoms with Crippen LogP contribution < -0.4 is 27.0 Å². The van der Waals surface area contributed by atoms with Crippen LogP contribution in [0.5, 0.6) is 0 Å². The standard InChI is InChI=1S/C26H49N5O4S3/c1-18(2)23(37-38-26(4,5)17-27)24(32)29-11-13-35-15-14-34-12-10-28-19(3)8-6-7-9-21-22-20(16-36-21)30-25(33)31-22/h18,20-23,28H,3,6-17,27H2,1-2,4-5H3,(H,29,32)(H2,30,31,33). The van der Waals surface area contributed by atoms with Crippen molar-refractivity contribution in [3.05, 3.63) is 12.3 Å². The number of allylic oxidation sites excluding steroid dienone is 1. The number of hydrogen-bond acceptors (Lipinski definition) is 9. The Labute approximate surface area is 241 Å². The Balaban J connectivity index is 1.39. The lowest BCUT2D eigenvalue weighted by atomic mass is 10.0. The van der Waals surface area contributed by atoms with Crippen molar-refractivity contribution in [2.75, 3.05) is 51.8 Å². The van der Waals surface area contributed by atoms with E-state index in [1.54, 1.807) is 21.6 Å². The number of carbonyl (C=O) groups is 2. The van der Waals surface area contributed by atoms with Gasteiger partial charge in [0.15, 0.2) is 0 Å². The molecule has 4 atom stereocenters. The molecular formula is C26H49N5O4S3. The molecule has 2 rings (SSSR count). The first-order valence-corrected chi connectivity index (χ1v) is 17.0. The van der Waals surface area contributed by atoms with Crippen LogP contribution in [0.1, 0.15) is 53.4 Å². The molecule has 220 valence electrons. The smallest absolute Gasteiger partial charge is 0.315 e. The zero-order chi connectivity index (χ0) is 28.0. The first kappa shape index (κ1) is 33.4. The molecule has 2 heterocycles. The van der Waals surface area contributed by atoms with Crippen molar-refractivity contribution in [2.45, 2.75) is 80.7 Å². The number of ether oxygens (including phenoxy) is 2. The highest BCUT2D eigenvalue weighted by molar-refractivity contribution is 8.77. The molecule has 2 saturated heterocycles. The van der Waals surface area contributed by atoms with Gasteiger partial charge >= 0.3 is 6.03 Å². The molecule has 6 N–H and O–H groups in total. The minimum absolute atomic E-state index is 0.0202. The van der Waals surface area contributed by atoms with E-state index in [1.165, 1.54) is 0 Å². The van der Waals surface area contributed by atoms with Crippen LogP contribution in [0.25, 0.3) is 0 Å². The van der Waals surface area contributed by atoms with E-state index in [0.29, 0.717) is 50.8 Å². The van der Waals surface area contributed by atoms with Gasteiger partial charge in [0.1, 0.15) is 0 Å². The van der Waals surface area contributed by atoms with Gasteiger partial charge in [-0.25, -0.2) is 4.79 Å². The normalized spacial score (nSPS) is 21.6. The van der Waals surface area contributed by atoms with Crippen molar-refractivity contribution in [3.63, 3.8) is 0 Å². The molecule has 12 heteroatoms. The molecule has 0 aliphatic carbocycles. The quantitative estimate of drug-likeness (QED) is 0.0777. The first-order chi connectivity index (χ1) is 18.1. The van der Waals surface area contributed by atoms with Gasteiger partial charge in [0.25, 0.3) is 0 Å². The fourth-order valence-corrected chi connectivity index (χ4v) is 8.65. The summed E-state index contributed by atoms with van der Waals surface area (Å²) in [5, 5.41) is 12.7. The summed E-state index contributed by atoms with van der Waals surface area (Å²) in [6.07, 6.45) is 4.30. The third-order valence-corrected chi connectivity index (χ3v) is 11.9. The number of thioether (sulfide) groups is 1. The molecule has 2 fully saturated rings. The topological polar surface area (TPSA) is 127 Å². The van der Waals surface area contributed by atoms with Crippen LogP contribution >= 0.6 is 33.3 Å². The van der Waals surface area contributed by atoms with E-state index in [-0.39, 0.29) is 33.9 Å². The molecule has 4 unspecified atom stereocenters. The first-order valence-electron chi connectivity index (χ1n) is 13.7. The van der Waals surface area contributed by atoms with Crippen LogP contribution in [0.4, 0.5) is 4.79 Å². The van der Waals surface area contributed by atoms with Gasteiger partial charge in [-0.1, -0.05) is 48.4 Å². The summed E-state index contributed by atoms with van der Waals surface area (Å²) in [5.41, 5.74) is 6.84. The number of urea groups is 1. The van der Waals surface area contributed by atoms with Gasteiger partial charge < -0.3 is 36.5 Å². The SMILES string of the molecule is C=C(CCCCC1SCC2NC(=O)NC21)NCCOCCOCCNC(=O)C(SSC(C)(C)CN)C(C)C. The van der Waals surface area contributed by atoms with E-state index in [1.807, 2.05) is 11.8 Å². The summed E-state index contributed by atoms with van der Waals surface area (Å²) in [6.45, 7) is 16.3. The van der Waals surface area contributed by atoms with Gasteiger partial charge in [0, 0.05) is 41.1 Å². The second-order valence-corrected chi connectivity index (χ2v) is 15.0. The Morgan fingerprint density at radius 1 is 1.16 bits per heavy atom. The average Bonchev–Trinajstić information content (AvgIpc) is 3.42. The minimum atomic E-state index is -0.121. The van der Waals surface area contributed by atoms with E-state index >= 15 is 0 Å². The number of carbonyl (C=O) groups excluding carboxylic acids is 2. The molecule has 3 amide bonds. The highest BCUT2D eigenvalue weighted by Crippen LogP contribution is 2.40. The van der Waals surface area contributed by atoms with Gasteiger partial charge in [-0.05, 0) is 39.0 Å². The van der Waals surface area contributed by atoms with Crippen molar-refractivity contribution < 1.29 is 19.1 Å². The maximum absolute atomic E-state index is 12.6. The zero-order valence-electron chi connectivity index (χ0n) is 23.5. The second kappa shape index (κ2) is 17.8. The molecule has 0 spiro atoms. The van der Waals surface area contributed by atoms with Crippen molar-refractivity contribution in [3.8, 4) is 0 Å². The molecule has 0 radical (unpaired) electrons. The Morgan fingerprint density at radius 2 is 1.84 bits per heavy atom. The summed E-state index contributed by atoms with van der Waals surface area (Å²) < 4.78 is 11.2. The molecule has 2 aliphatic heterocycles. The molecule has 2 aliphatic rings. The second-order valence-electron chi connectivity index (χ2n) is 10.7. The number of amides is 3. The summed E-state index contributed by atoms with van der Waals surface area (Å²) in [4.78, 5) is 24.0. The number of nitrogens with two attached hydrogens (primary N) is 1. The maximum atomic E-state index is 12.6. The average molecular weight is 592 g/mol. The number of fused-ring (bicyclic) bond motifs is 1. The predicted molar refractivity (Wildman–Crippen MR) is 163 cm³/mol. The van der Waals surface area contributed by atoms with Gasteiger partial charge in [-0.15, -0.1) is 0 Å². The van der Waals surface area contributed by atoms with Gasteiger partial charge in [0.2, 0.25) is 5.91 Å². The monoisotopic (exact) mass is 591 g/mol. The molecule has 0 bridgehead atoms. The van der Waals surface area contributed by atoms with Gasteiger partial charge in [0.05, 0.1) is 43.8 Å². The Morgan fingerprint density at radius 3 is 2.50 bits per heavy atom. The molecule has 38 heavy (non-hydrogen) atoms. The Kier molecular flexibility index (Phi) is 15.7. The third-order valence-electron chi connectivity index (χ3n) is 6.43. The van der Waals surface area contributed by atoms with Crippen LogP contribution in [-0.2, 0) is 14.3 Å². The lowest BCUT2D eigenvalue weighted by molar-refractivity contribution is -0.121. The minimum Gasteiger partial charge on any atom is -0.387 e. The van der Waals surface area contributed by atoms with E-state index < -0.39 is 0 Å². The van der Waals surface area contributed by atoms with Crippen molar-refractivity contribution >= 4 is 45.3 Å². The number of unbranched alkanes of at least 4 members (excludes halogenated alkanes) is 1. The largest absolute Gasteiger partial charge is 0.387 e. The van der Waals surface area contributed by atoms with E-state index in [9.17, 15) is 9.59 Å². The predicted octanol–water partition coefficient (Wildman–Crippen LogP) is 3.11. The van der Waals surface area contributed by atoms with Crippen LogP contribution in [0, 0.1) is 5.92 Å². The van der Waals surface area contributed by atoms with Crippen LogP contribution in [-0.4, -0.2) is 91.1 Å². The van der Waals surface area contributed by atoms with Crippen LogP contribution in [0.2, 0.25) is 0 Å². The number of nitrogens with one attached hydrogen (secondary N) is 4. The van der Waals surface area contributed by atoms with E-state index in [0.717, 1.165) is 43.7 Å². The summed E-state index contributed by atoms with van der Waals surface area (Å²) >= 11 is 1.96. The van der Waals surface area contributed by atoms with Crippen molar-refractivity contribution in [1.29, 1.82) is 0 Å². The molecule has 0 aromatic carbocycles. The molecule has 0 saturated carbocycles. The fourth-order valence-electron chi connectivity index (χ4n) is 4.06. The Hall–Kier alpha value is -0.790. The van der Waals surface area contributed by atoms with Crippen LogP contribution in [0.3, 0.4) is 0 Å². The summed E-state index contributed by atoms with van der Waals surface area (Å²) in [7, 11) is 3.27. The van der Waals surface area contributed by atoms with Gasteiger partial charge in [-0.3, -0.25) is 4.79 Å². The summed E-state index contributed by atoms with van der Waals surface area (Å²) in [5.74, 6) is 1.29. The summed E-state index contributed by atoms with van der Waals surface area (Å²) in [6, 6.07) is 0.563. The third kappa shape index (κ3) is 12.6. The highest BCUT2D eigenvalue weighted by atomic mass is 33.1. The van der Waals surface area contributed by atoms with E-state index in [4.69, 9.17) is 15.2 Å². The molecule has 9 nitrogen and oxygen atoms in total. The molecule has 0 aromatic heterocycles.